The highest BCUT2D eigenvalue weighted by Gasteiger charge is 2.11. The summed E-state index contributed by atoms with van der Waals surface area (Å²) >= 11 is 0. The van der Waals surface area contributed by atoms with Gasteiger partial charge in [-0.15, -0.1) is 5.11 Å². The van der Waals surface area contributed by atoms with Crippen LogP contribution in [0, 0.1) is 10.1 Å². The summed E-state index contributed by atoms with van der Waals surface area (Å²) in [7, 11) is 0. The molecule has 0 saturated carbocycles. The fraction of sp³-hybridized carbons (Fsp3) is 0. The summed E-state index contributed by atoms with van der Waals surface area (Å²) in [6.07, 6.45) is 0. The summed E-state index contributed by atoms with van der Waals surface area (Å²) < 4.78 is 0. The Kier molecular flexibility index (Phi) is 4.20. The molecule has 0 amide bonds. The van der Waals surface area contributed by atoms with Crippen LogP contribution >= 0.6 is 0 Å². The number of azo groups is 1. The van der Waals surface area contributed by atoms with Gasteiger partial charge in [-0.1, -0.05) is 54.6 Å². The Hall–Kier alpha value is -3.34. The average molecular weight is 303 g/mol. The van der Waals surface area contributed by atoms with E-state index < -0.39 is 4.92 Å². The number of benzene rings is 3. The number of hydrogen-bond acceptors (Lipinski definition) is 4. The quantitative estimate of drug-likeness (QED) is 0.353. The number of nitrogens with zero attached hydrogens (tertiary/aromatic N) is 3. The molecule has 0 fully saturated rings. The van der Waals surface area contributed by atoms with Crippen LogP contribution < -0.4 is 0 Å². The van der Waals surface area contributed by atoms with Crippen LogP contribution in [0.5, 0.6) is 0 Å². The second-order valence-corrected chi connectivity index (χ2v) is 4.86. The van der Waals surface area contributed by atoms with E-state index in [9.17, 15) is 10.1 Å². The van der Waals surface area contributed by atoms with E-state index in [0.29, 0.717) is 5.69 Å². The molecule has 5 nitrogen and oxygen atoms in total. The fourth-order valence-corrected chi connectivity index (χ4v) is 2.17. The SMILES string of the molecule is O=[N+]([O-])c1ccccc1N=Nc1ccc(-c2ccccc2)cc1. The van der Waals surface area contributed by atoms with Crippen molar-refractivity contribution in [2.24, 2.45) is 10.2 Å². The molecule has 0 bridgehead atoms. The van der Waals surface area contributed by atoms with Crippen LogP contribution in [0.2, 0.25) is 0 Å². The number of para-hydroxylation sites is 1. The minimum absolute atomic E-state index is 0.0582. The molecule has 3 aromatic carbocycles. The van der Waals surface area contributed by atoms with Crippen molar-refractivity contribution in [2.45, 2.75) is 0 Å². The van der Waals surface area contributed by atoms with Gasteiger partial charge in [0.2, 0.25) is 0 Å². The van der Waals surface area contributed by atoms with Gasteiger partial charge >= 0.3 is 0 Å². The van der Waals surface area contributed by atoms with Gasteiger partial charge in [0.15, 0.2) is 5.69 Å². The Bertz CT molecular complexity index is 844. The van der Waals surface area contributed by atoms with Gasteiger partial charge in [0.1, 0.15) is 0 Å². The molecule has 112 valence electrons. The highest BCUT2D eigenvalue weighted by molar-refractivity contribution is 5.65. The first-order valence-corrected chi connectivity index (χ1v) is 7.05. The Morgan fingerprint density at radius 3 is 2.00 bits per heavy atom. The molecule has 0 aliphatic heterocycles. The third kappa shape index (κ3) is 3.47. The highest BCUT2D eigenvalue weighted by atomic mass is 16.6. The summed E-state index contributed by atoms with van der Waals surface area (Å²) in [4.78, 5) is 10.5. The molecule has 0 unspecified atom stereocenters. The van der Waals surface area contributed by atoms with E-state index in [1.165, 1.54) is 6.07 Å². The smallest absolute Gasteiger partial charge is 0.258 e. The first-order valence-electron chi connectivity index (χ1n) is 7.05. The zero-order valence-corrected chi connectivity index (χ0v) is 12.2. The molecule has 3 aromatic rings. The molecule has 0 aliphatic rings. The standard InChI is InChI=1S/C18H13N3O2/c22-21(23)18-9-5-4-8-17(18)20-19-16-12-10-15(11-13-16)14-6-2-1-3-7-14/h1-13H. The molecular weight excluding hydrogens is 290 g/mol. The van der Waals surface area contributed by atoms with E-state index >= 15 is 0 Å². The van der Waals surface area contributed by atoms with Crippen LogP contribution in [0.1, 0.15) is 0 Å². The van der Waals surface area contributed by atoms with Gasteiger partial charge in [0.05, 0.1) is 10.6 Å². The topological polar surface area (TPSA) is 67.9 Å². The average Bonchev–Trinajstić information content (AvgIpc) is 2.61. The fourth-order valence-electron chi connectivity index (χ4n) is 2.17. The van der Waals surface area contributed by atoms with Gasteiger partial charge < -0.3 is 0 Å². The number of hydrogen-bond donors (Lipinski definition) is 0. The minimum Gasteiger partial charge on any atom is -0.258 e. The molecule has 0 N–H and O–H groups in total. The largest absolute Gasteiger partial charge is 0.296 e. The summed E-state index contributed by atoms with van der Waals surface area (Å²) in [6, 6.07) is 23.8. The lowest BCUT2D eigenvalue weighted by atomic mass is 10.1. The third-order valence-corrected chi connectivity index (χ3v) is 3.33. The van der Waals surface area contributed by atoms with Gasteiger partial charge in [-0.05, 0) is 29.3 Å². The van der Waals surface area contributed by atoms with Crippen molar-refractivity contribution >= 4 is 17.1 Å². The normalized spacial score (nSPS) is 10.8. The van der Waals surface area contributed by atoms with Gasteiger partial charge in [-0.3, -0.25) is 10.1 Å². The van der Waals surface area contributed by atoms with Crippen LogP contribution in [0.4, 0.5) is 17.1 Å². The van der Waals surface area contributed by atoms with E-state index in [4.69, 9.17) is 0 Å². The van der Waals surface area contributed by atoms with E-state index in [1.807, 2.05) is 54.6 Å². The second-order valence-electron chi connectivity index (χ2n) is 4.86. The molecule has 23 heavy (non-hydrogen) atoms. The molecule has 0 spiro atoms. The zero-order valence-electron chi connectivity index (χ0n) is 12.2. The van der Waals surface area contributed by atoms with Crippen LogP contribution in [0.3, 0.4) is 0 Å². The second kappa shape index (κ2) is 6.62. The van der Waals surface area contributed by atoms with Crippen molar-refractivity contribution in [1.29, 1.82) is 0 Å². The maximum absolute atomic E-state index is 10.9. The van der Waals surface area contributed by atoms with Gasteiger partial charge in [0, 0.05) is 6.07 Å². The lowest BCUT2D eigenvalue weighted by molar-refractivity contribution is -0.384. The van der Waals surface area contributed by atoms with E-state index in [2.05, 4.69) is 10.2 Å². The molecule has 0 saturated heterocycles. The molecule has 0 heterocycles. The van der Waals surface area contributed by atoms with Crippen molar-refractivity contribution in [2.75, 3.05) is 0 Å². The molecular formula is C18H13N3O2. The molecule has 0 radical (unpaired) electrons. The van der Waals surface area contributed by atoms with E-state index in [0.717, 1.165) is 11.1 Å². The molecule has 0 aromatic heterocycles. The van der Waals surface area contributed by atoms with Crippen LogP contribution in [0.15, 0.2) is 89.1 Å². The predicted molar refractivity (Wildman–Crippen MR) is 89.2 cm³/mol. The van der Waals surface area contributed by atoms with E-state index in [1.54, 1.807) is 18.2 Å². The first-order chi connectivity index (χ1) is 11.2. The molecule has 3 rings (SSSR count). The highest BCUT2D eigenvalue weighted by Crippen LogP contribution is 2.29. The predicted octanol–water partition coefficient (Wildman–Crippen LogP) is 5.68. The Labute approximate surface area is 133 Å². The van der Waals surface area contributed by atoms with Gasteiger partial charge in [-0.2, -0.15) is 5.11 Å². The zero-order chi connectivity index (χ0) is 16.1. The minimum atomic E-state index is -0.465. The van der Waals surface area contributed by atoms with Crippen molar-refractivity contribution in [3.63, 3.8) is 0 Å². The third-order valence-electron chi connectivity index (χ3n) is 3.33. The lowest BCUT2D eigenvalue weighted by Gasteiger charge is -2.01. The summed E-state index contributed by atoms with van der Waals surface area (Å²) in [5.41, 5.74) is 3.02. The van der Waals surface area contributed by atoms with Gasteiger partial charge in [0.25, 0.3) is 5.69 Å². The molecule has 0 aliphatic carbocycles. The van der Waals surface area contributed by atoms with Crippen LogP contribution in [-0.2, 0) is 0 Å². The maximum atomic E-state index is 10.9. The number of nitro benzene ring substituents is 1. The monoisotopic (exact) mass is 303 g/mol. The Morgan fingerprint density at radius 2 is 1.30 bits per heavy atom. The summed E-state index contributed by atoms with van der Waals surface area (Å²) in [6.45, 7) is 0. The summed E-state index contributed by atoms with van der Waals surface area (Å²) in [5.74, 6) is 0. The maximum Gasteiger partial charge on any atom is 0.296 e. The van der Waals surface area contributed by atoms with Crippen molar-refractivity contribution in [3.05, 3.63) is 89.0 Å². The van der Waals surface area contributed by atoms with Crippen molar-refractivity contribution < 1.29 is 4.92 Å². The van der Waals surface area contributed by atoms with Crippen LogP contribution in [0.25, 0.3) is 11.1 Å². The number of rotatable bonds is 4. The molecule has 0 atom stereocenters. The van der Waals surface area contributed by atoms with Gasteiger partial charge in [-0.25, -0.2) is 0 Å². The summed E-state index contributed by atoms with van der Waals surface area (Å²) in [5, 5.41) is 19.0. The van der Waals surface area contributed by atoms with E-state index in [-0.39, 0.29) is 11.4 Å². The Morgan fingerprint density at radius 1 is 0.696 bits per heavy atom. The number of nitro groups is 1. The van der Waals surface area contributed by atoms with Crippen molar-refractivity contribution in [3.8, 4) is 11.1 Å². The van der Waals surface area contributed by atoms with Crippen molar-refractivity contribution in [1.82, 2.24) is 0 Å². The first kappa shape index (κ1) is 14.6. The molecule has 5 heteroatoms. The Balaban J connectivity index is 1.83. The van der Waals surface area contributed by atoms with Crippen LogP contribution in [-0.4, -0.2) is 4.92 Å². The lowest BCUT2D eigenvalue weighted by Crippen LogP contribution is -1.86.